The molecule has 0 aromatic heterocycles. The first-order valence-corrected chi connectivity index (χ1v) is 9.75. The highest BCUT2D eigenvalue weighted by atomic mass is 32.2. The van der Waals surface area contributed by atoms with Gasteiger partial charge in [-0.2, -0.15) is 4.31 Å². The normalized spacial score (nSPS) is 21.2. The van der Waals surface area contributed by atoms with E-state index in [-0.39, 0.29) is 17.4 Å². The molecule has 0 N–H and O–H groups in total. The van der Waals surface area contributed by atoms with Crippen LogP contribution in [-0.4, -0.2) is 71.4 Å². The molecule has 8 nitrogen and oxygen atoms in total. The maximum atomic E-state index is 13.4. The molecule has 4 rings (SSSR count). The second kappa shape index (κ2) is 6.31. The fraction of sp³-hybridized carbons (Fsp3) is 0.625. The number of morpholine rings is 1. The summed E-state index contributed by atoms with van der Waals surface area (Å²) >= 11 is 0. The zero-order chi connectivity index (χ0) is 17.6. The fourth-order valence-corrected chi connectivity index (χ4v) is 5.46. The molecule has 1 fully saturated rings. The minimum absolute atomic E-state index is 0.00391. The van der Waals surface area contributed by atoms with Crippen molar-refractivity contribution in [2.75, 3.05) is 53.8 Å². The van der Waals surface area contributed by atoms with Crippen molar-refractivity contribution >= 4 is 10.0 Å². The van der Waals surface area contributed by atoms with E-state index in [9.17, 15) is 8.42 Å². The molecule has 0 unspecified atom stereocenters. The van der Waals surface area contributed by atoms with Gasteiger partial charge in [-0.1, -0.05) is 0 Å². The Hall–Kier alpha value is -1.55. The Labute approximate surface area is 147 Å². The third-order valence-corrected chi connectivity index (χ3v) is 6.87. The summed E-state index contributed by atoms with van der Waals surface area (Å²) in [6, 6.07) is 0. The van der Waals surface area contributed by atoms with E-state index in [1.807, 2.05) is 7.05 Å². The van der Waals surface area contributed by atoms with Gasteiger partial charge < -0.3 is 23.8 Å². The quantitative estimate of drug-likeness (QED) is 0.764. The largest absolute Gasteiger partial charge is 0.492 e. The Bertz CT molecular complexity index is 789. The summed E-state index contributed by atoms with van der Waals surface area (Å²) in [6.07, 6.45) is 0.623. The number of ether oxygens (including phenoxy) is 4. The van der Waals surface area contributed by atoms with Crippen molar-refractivity contribution in [2.45, 2.75) is 17.9 Å². The van der Waals surface area contributed by atoms with Crippen LogP contribution < -0.4 is 14.2 Å². The molecule has 0 saturated carbocycles. The molecule has 3 heterocycles. The third-order valence-electron chi connectivity index (χ3n) is 4.88. The van der Waals surface area contributed by atoms with Gasteiger partial charge in [0.2, 0.25) is 22.6 Å². The van der Waals surface area contributed by atoms with E-state index in [4.69, 9.17) is 18.9 Å². The summed E-state index contributed by atoms with van der Waals surface area (Å²) in [7, 11) is -0.122. The van der Waals surface area contributed by atoms with Gasteiger partial charge in [-0.3, -0.25) is 0 Å². The zero-order valence-electron chi connectivity index (χ0n) is 14.4. The minimum atomic E-state index is -3.70. The maximum Gasteiger partial charge on any atom is 0.247 e. The third kappa shape index (κ3) is 2.66. The van der Waals surface area contributed by atoms with Crippen LogP contribution in [-0.2, 0) is 27.7 Å². The summed E-state index contributed by atoms with van der Waals surface area (Å²) in [5.74, 6) is 1.25. The van der Waals surface area contributed by atoms with Crippen LogP contribution in [0.5, 0.6) is 17.2 Å². The molecule has 0 bridgehead atoms. The van der Waals surface area contributed by atoms with Crippen molar-refractivity contribution in [3.05, 3.63) is 11.1 Å². The van der Waals surface area contributed by atoms with Crippen molar-refractivity contribution in [3.8, 4) is 17.2 Å². The average Bonchev–Trinajstić information content (AvgIpc) is 3.09. The van der Waals surface area contributed by atoms with Gasteiger partial charge in [-0.05, 0) is 19.0 Å². The van der Waals surface area contributed by atoms with Gasteiger partial charge >= 0.3 is 0 Å². The molecule has 0 atom stereocenters. The molecule has 9 heteroatoms. The van der Waals surface area contributed by atoms with Crippen LogP contribution in [0.2, 0.25) is 0 Å². The molecule has 1 aromatic carbocycles. The van der Waals surface area contributed by atoms with E-state index in [0.29, 0.717) is 50.8 Å². The first-order chi connectivity index (χ1) is 12.0. The lowest BCUT2D eigenvalue weighted by Crippen LogP contribution is -2.41. The van der Waals surface area contributed by atoms with Gasteiger partial charge in [0.15, 0.2) is 11.5 Å². The molecule has 25 heavy (non-hydrogen) atoms. The second-order valence-corrected chi connectivity index (χ2v) is 8.26. The Kier molecular flexibility index (Phi) is 4.27. The topological polar surface area (TPSA) is 77.5 Å². The molecule has 1 aromatic rings. The number of benzene rings is 1. The summed E-state index contributed by atoms with van der Waals surface area (Å²) in [6.45, 7) is 2.88. The Morgan fingerprint density at radius 1 is 1.04 bits per heavy atom. The molecule has 138 valence electrons. The highest BCUT2D eigenvalue weighted by molar-refractivity contribution is 7.89. The van der Waals surface area contributed by atoms with Crippen molar-refractivity contribution in [1.29, 1.82) is 0 Å². The van der Waals surface area contributed by atoms with E-state index in [1.165, 1.54) is 4.31 Å². The fourth-order valence-electron chi connectivity index (χ4n) is 3.65. The molecule has 0 spiro atoms. The predicted octanol–water partition coefficient (Wildman–Crippen LogP) is 0.433. The molecular weight excluding hydrogens is 348 g/mol. The molecule has 0 radical (unpaired) electrons. The summed E-state index contributed by atoms with van der Waals surface area (Å²) in [5.41, 5.74) is 1.65. The number of sulfonamides is 1. The van der Waals surface area contributed by atoms with Crippen LogP contribution in [0.25, 0.3) is 0 Å². The lowest BCUT2D eigenvalue weighted by Gasteiger charge is -2.32. The van der Waals surface area contributed by atoms with Crippen molar-refractivity contribution in [3.63, 3.8) is 0 Å². The summed E-state index contributed by atoms with van der Waals surface area (Å²) in [5, 5.41) is 0. The molecule has 1 saturated heterocycles. The highest BCUT2D eigenvalue weighted by Crippen LogP contribution is 2.51. The number of fused-ring (bicyclic) bond motifs is 2. The Morgan fingerprint density at radius 3 is 2.48 bits per heavy atom. The molecule has 0 amide bonds. The number of likely N-dealkylation sites (N-methyl/N-ethyl adjacent to an activating group) is 1. The molecule has 3 aliphatic heterocycles. The van der Waals surface area contributed by atoms with E-state index in [2.05, 4.69) is 4.90 Å². The average molecular weight is 370 g/mol. The van der Waals surface area contributed by atoms with Crippen LogP contribution in [0.3, 0.4) is 0 Å². The van der Waals surface area contributed by atoms with E-state index >= 15 is 0 Å². The van der Waals surface area contributed by atoms with Gasteiger partial charge in [-0.15, -0.1) is 0 Å². The minimum Gasteiger partial charge on any atom is -0.492 e. The summed E-state index contributed by atoms with van der Waals surface area (Å²) < 4.78 is 50.2. The number of hydrogen-bond donors (Lipinski definition) is 0. The number of rotatable bonds is 3. The van der Waals surface area contributed by atoms with Gasteiger partial charge in [-0.25, -0.2) is 8.42 Å². The smallest absolute Gasteiger partial charge is 0.247 e. The van der Waals surface area contributed by atoms with Crippen molar-refractivity contribution in [2.24, 2.45) is 0 Å². The van der Waals surface area contributed by atoms with Gasteiger partial charge in [0.05, 0.1) is 20.3 Å². The molecule has 3 aliphatic rings. The summed E-state index contributed by atoms with van der Waals surface area (Å²) in [4.78, 5) is 2.38. The van der Waals surface area contributed by atoms with Gasteiger partial charge in [0.25, 0.3) is 0 Å². The number of methoxy groups -OCH3 is 1. The van der Waals surface area contributed by atoms with Crippen molar-refractivity contribution < 1.29 is 27.4 Å². The Balaban J connectivity index is 1.93. The van der Waals surface area contributed by atoms with Crippen LogP contribution >= 0.6 is 0 Å². The first kappa shape index (κ1) is 16.9. The molecular formula is C16H22N2O6S. The monoisotopic (exact) mass is 370 g/mol. The van der Waals surface area contributed by atoms with E-state index < -0.39 is 10.0 Å². The van der Waals surface area contributed by atoms with E-state index in [1.54, 1.807) is 7.11 Å². The second-order valence-electron chi connectivity index (χ2n) is 6.39. The van der Waals surface area contributed by atoms with Crippen LogP contribution in [0.15, 0.2) is 4.90 Å². The number of nitrogens with zero attached hydrogens (tertiary/aromatic N) is 2. The Morgan fingerprint density at radius 2 is 1.76 bits per heavy atom. The van der Waals surface area contributed by atoms with E-state index in [0.717, 1.165) is 17.7 Å². The first-order valence-electron chi connectivity index (χ1n) is 8.31. The van der Waals surface area contributed by atoms with Crippen molar-refractivity contribution in [1.82, 2.24) is 9.21 Å². The van der Waals surface area contributed by atoms with Gasteiger partial charge in [0.1, 0.15) is 4.90 Å². The predicted molar refractivity (Wildman–Crippen MR) is 88.7 cm³/mol. The zero-order valence-corrected chi connectivity index (χ0v) is 15.2. The lowest BCUT2D eigenvalue weighted by molar-refractivity contribution is 0.0729. The van der Waals surface area contributed by atoms with Gasteiger partial charge in [0, 0.05) is 31.7 Å². The lowest BCUT2D eigenvalue weighted by atomic mass is 9.97. The SMILES string of the molecule is COc1c2c(c(S(=O)(=O)N3CCOCC3)c3c1OCO3)CCN(C)C2. The maximum absolute atomic E-state index is 13.4. The van der Waals surface area contributed by atoms with Crippen LogP contribution in [0.4, 0.5) is 0 Å². The standard InChI is InChI=1S/C16H22N2O6S/c1-17-4-3-11-12(9-17)13(21-2)14-15(24-10-23-14)16(11)25(19,20)18-5-7-22-8-6-18/h3-10H2,1-2H3. The van der Waals surface area contributed by atoms with Crippen LogP contribution in [0.1, 0.15) is 11.1 Å². The highest BCUT2D eigenvalue weighted by Gasteiger charge is 2.40. The van der Waals surface area contributed by atoms with Crippen LogP contribution in [0, 0.1) is 0 Å². The number of hydrogen-bond acceptors (Lipinski definition) is 7. The molecule has 0 aliphatic carbocycles.